The molecular weight excluding hydrogens is 248 g/mol. The van der Waals surface area contributed by atoms with E-state index in [0.29, 0.717) is 12.6 Å². The number of hydrogen-bond acceptors (Lipinski definition) is 2. The summed E-state index contributed by atoms with van der Waals surface area (Å²) in [5.41, 5.74) is 5.70. The lowest BCUT2D eigenvalue weighted by Gasteiger charge is -2.39. The second-order valence-electron chi connectivity index (χ2n) is 7.27. The highest BCUT2D eigenvalue weighted by molar-refractivity contribution is 5.83. The third kappa shape index (κ3) is 3.55. The Morgan fingerprint density at radius 1 is 1.15 bits per heavy atom. The number of carbonyl (C=O) groups is 1. The molecule has 3 heteroatoms. The molecule has 1 amide bonds. The van der Waals surface area contributed by atoms with Crippen LogP contribution in [0.3, 0.4) is 0 Å². The Bertz CT molecular complexity index is 313. The summed E-state index contributed by atoms with van der Waals surface area (Å²) in [6, 6.07) is 0.396. The third-order valence-electron chi connectivity index (χ3n) is 5.86. The van der Waals surface area contributed by atoms with Crippen LogP contribution in [0.2, 0.25) is 0 Å². The van der Waals surface area contributed by atoms with E-state index in [2.05, 4.69) is 19.2 Å². The predicted octanol–water partition coefficient (Wildman–Crippen LogP) is 3.23. The topological polar surface area (TPSA) is 55.1 Å². The van der Waals surface area contributed by atoms with E-state index in [0.717, 1.165) is 50.4 Å². The standard InChI is InChI=1S/C17H32N2O/c1-3-14-4-6-15(7-5-14)19-16(20)17(12-18)10-8-13(2)9-11-17/h13-15H,3-12,18H2,1-2H3,(H,19,20). The second-order valence-corrected chi connectivity index (χ2v) is 7.27. The Labute approximate surface area is 124 Å². The van der Waals surface area contributed by atoms with Crippen LogP contribution in [-0.2, 0) is 4.79 Å². The highest BCUT2D eigenvalue weighted by Crippen LogP contribution is 2.38. The van der Waals surface area contributed by atoms with Gasteiger partial charge in [0.05, 0.1) is 5.41 Å². The summed E-state index contributed by atoms with van der Waals surface area (Å²) in [6.07, 6.45) is 10.4. The summed E-state index contributed by atoms with van der Waals surface area (Å²) in [6.45, 7) is 5.07. The molecule has 2 rings (SSSR count). The van der Waals surface area contributed by atoms with Crippen molar-refractivity contribution in [2.75, 3.05) is 6.54 Å². The van der Waals surface area contributed by atoms with E-state index < -0.39 is 0 Å². The van der Waals surface area contributed by atoms with Gasteiger partial charge in [0.1, 0.15) is 0 Å². The van der Waals surface area contributed by atoms with E-state index in [9.17, 15) is 4.79 Å². The van der Waals surface area contributed by atoms with Crippen LogP contribution in [0.25, 0.3) is 0 Å². The minimum absolute atomic E-state index is 0.242. The summed E-state index contributed by atoms with van der Waals surface area (Å²) in [5.74, 6) is 1.87. The summed E-state index contributed by atoms with van der Waals surface area (Å²) in [7, 11) is 0. The SMILES string of the molecule is CCC1CCC(NC(=O)C2(CN)CCC(C)CC2)CC1. The van der Waals surface area contributed by atoms with Crippen LogP contribution in [0.15, 0.2) is 0 Å². The Kier molecular flexibility index (Phi) is 5.48. The molecule has 0 aliphatic heterocycles. The molecule has 0 unspecified atom stereocenters. The van der Waals surface area contributed by atoms with Gasteiger partial charge in [-0.25, -0.2) is 0 Å². The molecule has 0 atom stereocenters. The van der Waals surface area contributed by atoms with Crippen molar-refractivity contribution in [1.29, 1.82) is 0 Å². The number of hydrogen-bond donors (Lipinski definition) is 2. The van der Waals surface area contributed by atoms with Crippen LogP contribution in [0, 0.1) is 17.3 Å². The van der Waals surface area contributed by atoms with Gasteiger partial charge < -0.3 is 11.1 Å². The largest absolute Gasteiger partial charge is 0.353 e. The third-order valence-corrected chi connectivity index (χ3v) is 5.86. The average molecular weight is 280 g/mol. The summed E-state index contributed by atoms with van der Waals surface area (Å²) in [5, 5.41) is 3.32. The lowest BCUT2D eigenvalue weighted by atomic mass is 9.70. The van der Waals surface area contributed by atoms with E-state index in [1.807, 2.05) is 0 Å². The molecule has 0 spiro atoms. The van der Waals surface area contributed by atoms with Crippen LogP contribution in [-0.4, -0.2) is 18.5 Å². The van der Waals surface area contributed by atoms with E-state index in [1.165, 1.54) is 19.3 Å². The van der Waals surface area contributed by atoms with Crippen molar-refractivity contribution in [1.82, 2.24) is 5.32 Å². The van der Waals surface area contributed by atoms with Crippen molar-refractivity contribution >= 4 is 5.91 Å². The quantitative estimate of drug-likeness (QED) is 0.830. The molecule has 116 valence electrons. The number of rotatable bonds is 4. The minimum Gasteiger partial charge on any atom is -0.353 e. The molecule has 3 N–H and O–H groups in total. The van der Waals surface area contributed by atoms with Crippen molar-refractivity contribution in [3.63, 3.8) is 0 Å². The van der Waals surface area contributed by atoms with Gasteiger partial charge in [0.25, 0.3) is 0 Å². The summed E-state index contributed by atoms with van der Waals surface area (Å²) in [4.78, 5) is 12.7. The zero-order valence-electron chi connectivity index (χ0n) is 13.3. The van der Waals surface area contributed by atoms with Crippen LogP contribution >= 0.6 is 0 Å². The van der Waals surface area contributed by atoms with E-state index in [-0.39, 0.29) is 11.3 Å². The molecule has 0 saturated heterocycles. The van der Waals surface area contributed by atoms with Crippen molar-refractivity contribution in [2.45, 2.75) is 77.7 Å². The molecule has 2 fully saturated rings. The van der Waals surface area contributed by atoms with Crippen LogP contribution < -0.4 is 11.1 Å². The van der Waals surface area contributed by atoms with Gasteiger partial charge in [-0.2, -0.15) is 0 Å². The number of nitrogens with two attached hydrogens (primary N) is 1. The minimum atomic E-state index is -0.270. The first-order valence-electron chi connectivity index (χ1n) is 8.60. The fraction of sp³-hybridized carbons (Fsp3) is 0.941. The van der Waals surface area contributed by atoms with Gasteiger partial charge in [0.15, 0.2) is 0 Å². The first-order valence-corrected chi connectivity index (χ1v) is 8.60. The van der Waals surface area contributed by atoms with Gasteiger partial charge in [-0.3, -0.25) is 4.79 Å². The predicted molar refractivity (Wildman–Crippen MR) is 83.3 cm³/mol. The number of carbonyl (C=O) groups excluding carboxylic acids is 1. The Balaban J connectivity index is 1.87. The fourth-order valence-electron chi connectivity index (χ4n) is 3.89. The second kappa shape index (κ2) is 6.93. The lowest BCUT2D eigenvalue weighted by molar-refractivity contribution is -0.133. The smallest absolute Gasteiger partial charge is 0.227 e. The van der Waals surface area contributed by atoms with Crippen molar-refractivity contribution < 1.29 is 4.79 Å². The summed E-state index contributed by atoms with van der Waals surface area (Å²) >= 11 is 0. The molecule has 0 aromatic rings. The van der Waals surface area contributed by atoms with E-state index in [4.69, 9.17) is 5.73 Å². The van der Waals surface area contributed by atoms with Crippen molar-refractivity contribution in [3.05, 3.63) is 0 Å². The number of nitrogens with one attached hydrogen (secondary N) is 1. The monoisotopic (exact) mass is 280 g/mol. The maximum atomic E-state index is 12.7. The Morgan fingerprint density at radius 2 is 1.75 bits per heavy atom. The normalized spacial score (nSPS) is 38.5. The molecule has 3 nitrogen and oxygen atoms in total. The maximum Gasteiger partial charge on any atom is 0.227 e. The molecule has 0 heterocycles. The van der Waals surface area contributed by atoms with Gasteiger partial charge >= 0.3 is 0 Å². The first-order chi connectivity index (χ1) is 9.59. The lowest BCUT2D eigenvalue weighted by Crippen LogP contribution is -2.51. The highest BCUT2D eigenvalue weighted by atomic mass is 16.2. The first kappa shape index (κ1) is 15.8. The van der Waals surface area contributed by atoms with Gasteiger partial charge in [-0.05, 0) is 63.2 Å². The summed E-state index contributed by atoms with van der Waals surface area (Å²) < 4.78 is 0. The van der Waals surface area contributed by atoms with Crippen LogP contribution in [0.4, 0.5) is 0 Å². The molecule has 0 bridgehead atoms. The van der Waals surface area contributed by atoms with Crippen LogP contribution in [0.1, 0.15) is 71.6 Å². The molecule has 0 aromatic carbocycles. The molecular formula is C17H32N2O. The van der Waals surface area contributed by atoms with Gasteiger partial charge in [0.2, 0.25) is 5.91 Å². The molecule has 2 aliphatic carbocycles. The average Bonchev–Trinajstić information content (AvgIpc) is 2.49. The maximum absolute atomic E-state index is 12.7. The molecule has 0 aromatic heterocycles. The van der Waals surface area contributed by atoms with E-state index in [1.54, 1.807) is 0 Å². The van der Waals surface area contributed by atoms with Gasteiger partial charge in [-0.1, -0.05) is 20.3 Å². The highest BCUT2D eigenvalue weighted by Gasteiger charge is 2.40. The Morgan fingerprint density at radius 3 is 2.25 bits per heavy atom. The van der Waals surface area contributed by atoms with Crippen molar-refractivity contribution in [2.24, 2.45) is 23.0 Å². The molecule has 0 radical (unpaired) electrons. The van der Waals surface area contributed by atoms with E-state index >= 15 is 0 Å². The van der Waals surface area contributed by atoms with Crippen LogP contribution in [0.5, 0.6) is 0 Å². The molecule has 2 aliphatic rings. The van der Waals surface area contributed by atoms with Crippen molar-refractivity contribution in [3.8, 4) is 0 Å². The number of amides is 1. The molecule has 2 saturated carbocycles. The zero-order chi connectivity index (χ0) is 14.6. The zero-order valence-corrected chi connectivity index (χ0v) is 13.3. The fourth-order valence-corrected chi connectivity index (χ4v) is 3.89. The van der Waals surface area contributed by atoms with Gasteiger partial charge in [0, 0.05) is 12.6 Å². The van der Waals surface area contributed by atoms with Gasteiger partial charge in [-0.15, -0.1) is 0 Å². The molecule has 20 heavy (non-hydrogen) atoms. The Hall–Kier alpha value is -0.570.